The van der Waals surface area contributed by atoms with Gasteiger partial charge in [-0.25, -0.2) is 4.98 Å². The Labute approximate surface area is 154 Å². The molecule has 0 bridgehead atoms. The maximum atomic E-state index is 12.2. The van der Waals surface area contributed by atoms with E-state index in [4.69, 9.17) is 4.74 Å². The monoisotopic (exact) mass is 360 g/mol. The van der Waals surface area contributed by atoms with E-state index in [1.807, 2.05) is 25.1 Å². The van der Waals surface area contributed by atoms with Crippen LogP contribution in [-0.2, 0) is 11.2 Å². The summed E-state index contributed by atoms with van der Waals surface area (Å²) in [6, 6.07) is 7.94. The van der Waals surface area contributed by atoms with Crippen molar-refractivity contribution in [2.75, 3.05) is 6.54 Å². The number of carbonyl (C=O) groups excluding carboxylic acids is 1. The number of amides is 1. The number of thiazole rings is 1. The highest BCUT2D eigenvalue weighted by molar-refractivity contribution is 7.09. The van der Waals surface area contributed by atoms with Gasteiger partial charge in [0.1, 0.15) is 5.75 Å². The minimum absolute atomic E-state index is 0.0694. The number of carbonyl (C=O) groups is 1. The molecule has 1 unspecified atom stereocenters. The third kappa shape index (κ3) is 6.50. The van der Waals surface area contributed by atoms with Gasteiger partial charge in [0.05, 0.1) is 5.01 Å². The van der Waals surface area contributed by atoms with E-state index in [0.29, 0.717) is 12.5 Å². The van der Waals surface area contributed by atoms with Crippen molar-refractivity contribution in [1.29, 1.82) is 0 Å². The fourth-order valence-corrected chi connectivity index (χ4v) is 3.30. The lowest BCUT2D eigenvalue weighted by atomic mass is 10.0. The number of nitrogens with one attached hydrogen (secondary N) is 1. The lowest BCUT2D eigenvalue weighted by Crippen LogP contribution is -2.36. The lowest BCUT2D eigenvalue weighted by molar-refractivity contribution is -0.127. The highest BCUT2D eigenvalue weighted by atomic mass is 32.1. The summed E-state index contributed by atoms with van der Waals surface area (Å²) in [5.74, 6) is 1.11. The zero-order chi connectivity index (χ0) is 18.2. The van der Waals surface area contributed by atoms with Crippen molar-refractivity contribution < 1.29 is 9.53 Å². The molecule has 0 aliphatic carbocycles. The number of rotatable bonds is 9. The number of hydrogen-bond donors (Lipinski definition) is 1. The first kappa shape index (κ1) is 19.4. The molecule has 1 aromatic heterocycles. The summed E-state index contributed by atoms with van der Waals surface area (Å²) in [5.41, 5.74) is 2.29. The average molecular weight is 361 g/mol. The van der Waals surface area contributed by atoms with E-state index in [0.717, 1.165) is 30.7 Å². The van der Waals surface area contributed by atoms with Gasteiger partial charge in [-0.1, -0.05) is 26.0 Å². The van der Waals surface area contributed by atoms with Gasteiger partial charge in [0, 0.05) is 17.6 Å². The molecule has 136 valence electrons. The Balaban J connectivity index is 1.68. The summed E-state index contributed by atoms with van der Waals surface area (Å²) in [6.07, 6.45) is 2.45. The highest BCUT2D eigenvalue weighted by Gasteiger charge is 2.14. The predicted octanol–water partition coefficient (Wildman–Crippen LogP) is 4.48. The minimum Gasteiger partial charge on any atom is -0.481 e. The van der Waals surface area contributed by atoms with Crippen LogP contribution in [0.2, 0.25) is 0 Å². The van der Waals surface area contributed by atoms with Gasteiger partial charge in [-0.2, -0.15) is 0 Å². The first-order valence-corrected chi connectivity index (χ1v) is 9.79. The van der Waals surface area contributed by atoms with E-state index in [9.17, 15) is 4.79 Å². The highest BCUT2D eigenvalue weighted by Crippen LogP contribution is 2.21. The van der Waals surface area contributed by atoms with Gasteiger partial charge >= 0.3 is 0 Å². The Morgan fingerprint density at radius 3 is 2.76 bits per heavy atom. The molecule has 0 spiro atoms. The van der Waals surface area contributed by atoms with E-state index in [1.165, 1.54) is 10.6 Å². The third-order valence-electron chi connectivity index (χ3n) is 3.99. The molecule has 1 amide bonds. The fraction of sp³-hybridized carbons (Fsp3) is 0.500. The van der Waals surface area contributed by atoms with Gasteiger partial charge in [-0.05, 0) is 56.7 Å². The van der Waals surface area contributed by atoms with Crippen LogP contribution in [0.3, 0.4) is 0 Å². The Hall–Kier alpha value is -1.88. The lowest BCUT2D eigenvalue weighted by Gasteiger charge is -2.16. The molecule has 4 nitrogen and oxygen atoms in total. The van der Waals surface area contributed by atoms with Crippen LogP contribution in [0.4, 0.5) is 0 Å². The molecular formula is C20H28N2O2S. The van der Waals surface area contributed by atoms with Crippen LogP contribution in [-0.4, -0.2) is 23.5 Å². The number of aryl methyl sites for hydroxylation is 2. The van der Waals surface area contributed by atoms with Crippen LogP contribution >= 0.6 is 11.3 Å². The van der Waals surface area contributed by atoms with Crippen LogP contribution < -0.4 is 10.1 Å². The van der Waals surface area contributed by atoms with Crippen LogP contribution in [0.15, 0.2) is 29.6 Å². The predicted molar refractivity (Wildman–Crippen MR) is 103 cm³/mol. The van der Waals surface area contributed by atoms with Crippen molar-refractivity contribution in [3.05, 3.63) is 45.9 Å². The normalized spacial score (nSPS) is 12.2. The molecule has 0 fully saturated rings. The SMILES string of the molecule is Cc1csc(CCCCNC(=O)C(C)Oc2cccc(C(C)C)c2)n1. The van der Waals surface area contributed by atoms with Crippen molar-refractivity contribution >= 4 is 17.2 Å². The zero-order valence-corrected chi connectivity index (χ0v) is 16.4. The van der Waals surface area contributed by atoms with Crippen LogP contribution in [0.25, 0.3) is 0 Å². The van der Waals surface area contributed by atoms with Gasteiger partial charge < -0.3 is 10.1 Å². The smallest absolute Gasteiger partial charge is 0.260 e. The van der Waals surface area contributed by atoms with Crippen LogP contribution in [0, 0.1) is 6.92 Å². The second-order valence-electron chi connectivity index (χ2n) is 6.62. The molecule has 5 heteroatoms. The van der Waals surface area contributed by atoms with Gasteiger partial charge in [-0.3, -0.25) is 4.79 Å². The second kappa shape index (κ2) is 9.56. The Bertz CT molecular complexity index is 682. The summed E-state index contributed by atoms with van der Waals surface area (Å²) in [6.45, 7) is 8.75. The van der Waals surface area contributed by atoms with Crippen molar-refractivity contribution in [1.82, 2.24) is 10.3 Å². The van der Waals surface area contributed by atoms with Crippen LogP contribution in [0.1, 0.15) is 55.8 Å². The summed E-state index contributed by atoms with van der Waals surface area (Å²) < 4.78 is 5.78. The van der Waals surface area contributed by atoms with E-state index in [-0.39, 0.29) is 5.91 Å². The zero-order valence-electron chi connectivity index (χ0n) is 15.5. The number of unbranched alkanes of at least 4 members (excludes halogenated alkanes) is 1. The Morgan fingerprint density at radius 2 is 2.08 bits per heavy atom. The number of ether oxygens (including phenoxy) is 1. The van der Waals surface area contributed by atoms with Gasteiger partial charge in [-0.15, -0.1) is 11.3 Å². The standard InChI is InChI=1S/C20H28N2O2S/c1-14(2)17-8-7-9-18(12-17)24-16(4)20(23)21-11-6-5-10-19-22-15(3)13-25-19/h7-9,12-14,16H,5-6,10-11H2,1-4H3,(H,21,23). The van der Waals surface area contributed by atoms with E-state index >= 15 is 0 Å². The molecule has 0 aliphatic rings. The van der Waals surface area contributed by atoms with Crippen molar-refractivity contribution in [3.8, 4) is 5.75 Å². The summed E-state index contributed by atoms with van der Waals surface area (Å²) >= 11 is 1.70. The van der Waals surface area contributed by atoms with Crippen molar-refractivity contribution in [3.63, 3.8) is 0 Å². The Morgan fingerprint density at radius 1 is 1.28 bits per heavy atom. The fourth-order valence-electron chi connectivity index (χ4n) is 2.48. The number of hydrogen-bond acceptors (Lipinski definition) is 4. The molecule has 0 radical (unpaired) electrons. The molecule has 1 aromatic carbocycles. The molecule has 1 heterocycles. The number of nitrogens with zero attached hydrogens (tertiary/aromatic N) is 1. The van der Waals surface area contributed by atoms with Gasteiger partial charge in [0.15, 0.2) is 6.10 Å². The first-order chi connectivity index (χ1) is 12.0. The minimum atomic E-state index is -0.496. The molecule has 0 saturated carbocycles. The van der Waals surface area contributed by atoms with Crippen LogP contribution in [0.5, 0.6) is 5.75 Å². The maximum absolute atomic E-state index is 12.2. The molecule has 2 rings (SSSR count). The first-order valence-electron chi connectivity index (χ1n) is 8.91. The van der Waals surface area contributed by atoms with E-state index in [2.05, 4.69) is 35.6 Å². The average Bonchev–Trinajstić information content (AvgIpc) is 2.99. The number of benzene rings is 1. The topological polar surface area (TPSA) is 51.2 Å². The van der Waals surface area contributed by atoms with E-state index in [1.54, 1.807) is 18.3 Å². The summed E-state index contributed by atoms with van der Waals surface area (Å²) in [7, 11) is 0. The van der Waals surface area contributed by atoms with Gasteiger partial charge in [0.25, 0.3) is 5.91 Å². The summed E-state index contributed by atoms with van der Waals surface area (Å²) in [5, 5.41) is 6.20. The second-order valence-corrected chi connectivity index (χ2v) is 7.56. The molecule has 1 atom stereocenters. The van der Waals surface area contributed by atoms with Crippen molar-refractivity contribution in [2.24, 2.45) is 0 Å². The Kier molecular flexibility index (Phi) is 7.44. The number of aromatic nitrogens is 1. The summed E-state index contributed by atoms with van der Waals surface area (Å²) in [4.78, 5) is 16.6. The van der Waals surface area contributed by atoms with Crippen molar-refractivity contribution in [2.45, 2.75) is 59.0 Å². The molecule has 0 saturated heterocycles. The van der Waals surface area contributed by atoms with Gasteiger partial charge in [0.2, 0.25) is 0 Å². The third-order valence-corrected chi connectivity index (χ3v) is 5.02. The molecule has 2 aromatic rings. The van der Waals surface area contributed by atoms with E-state index < -0.39 is 6.10 Å². The molecule has 25 heavy (non-hydrogen) atoms. The molecular weight excluding hydrogens is 332 g/mol. The maximum Gasteiger partial charge on any atom is 0.260 e. The largest absolute Gasteiger partial charge is 0.481 e. The molecule has 1 N–H and O–H groups in total. The molecule has 0 aliphatic heterocycles. The quantitative estimate of drug-likeness (QED) is 0.671.